The number of carbonyl (C=O) groups is 1. The Morgan fingerprint density at radius 2 is 1.55 bits per heavy atom. The van der Waals surface area contributed by atoms with Crippen LogP contribution >= 0.6 is 0 Å². The van der Waals surface area contributed by atoms with E-state index in [9.17, 15) is 50.4 Å². The quantitative estimate of drug-likeness (QED) is 0.0840. The van der Waals surface area contributed by atoms with Crippen LogP contribution in [0.5, 0.6) is 34.5 Å². The van der Waals surface area contributed by atoms with Gasteiger partial charge < -0.3 is 59.5 Å². The zero-order valence-corrected chi connectivity index (χ0v) is 22.5. The van der Waals surface area contributed by atoms with Crippen LogP contribution in [0.4, 0.5) is 0 Å². The lowest BCUT2D eigenvalue weighted by Gasteiger charge is -2.39. The molecule has 230 valence electrons. The molecule has 2 heterocycles. The first-order chi connectivity index (χ1) is 20.9. The summed E-state index contributed by atoms with van der Waals surface area (Å²) >= 11 is 0. The highest BCUT2D eigenvalue weighted by atomic mass is 16.7. The molecule has 1 fully saturated rings. The highest BCUT2D eigenvalue weighted by Gasteiger charge is 2.46. The van der Waals surface area contributed by atoms with Crippen molar-refractivity contribution in [2.24, 2.45) is 0 Å². The minimum absolute atomic E-state index is 0.0195. The number of hydrogen-bond donors (Lipinski definition) is 8. The minimum Gasteiger partial charge on any atom is -0.508 e. The van der Waals surface area contributed by atoms with Gasteiger partial charge >= 0.3 is 5.97 Å². The van der Waals surface area contributed by atoms with Crippen molar-refractivity contribution in [1.82, 2.24) is 0 Å². The first-order valence-electron chi connectivity index (χ1n) is 13.0. The summed E-state index contributed by atoms with van der Waals surface area (Å²) in [7, 11) is 0. The summed E-state index contributed by atoms with van der Waals surface area (Å²) in [5.41, 5.74) is -0.735. The lowest BCUT2D eigenvalue weighted by Crippen LogP contribution is -2.60. The van der Waals surface area contributed by atoms with E-state index < -0.39 is 82.8 Å². The third kappa shape index (κ3) is 6.09. The summed E-state index contributed by atoms with van der Waals surface area (Å²) in [6, 6.07) is 11.2. The third-order valence-electron chi connectivity index (χ3n) is 6.75. The number of fused-ring (bicyclic) bond motifs is 1. The average Bonchev–Trinajstić information content (AvgIpc) is 2.98. The van der Waals surface area contributed by atoms with Gasteiger partial charge in [-0.3, -0.25) is 4.79 Å². The molecule has 0 aliphatic carbocycles. The Hall–Kier alpha value is -5.28. The van der Waals surface area contributed by atoms with E-state index in [4.69, 9.17) is 18.6 Å². The molecule has 14 heteroatoms. The van der Waals surface area contributed by atoms with Crippen molar-refractivity contribution in [2.45, 2.75) is 30.7 Å². The number of phenols is 5. The molecule has 0 unspecified atom stereocenters. The summed E-state index contributed by atoms with van der Waals surface area (Å²) in [6.45, 7) is -0.616. The topological polar surface area (TPSA) is 237 Å². The van der Waals surface area contributed by atoms with Crippen molar-refractivity contribution >= 4 is 23.0 Å². The minimum atomic E-state index is -1.95. The van der Waals surface area contributed by atoms with Gasteiger partial charge in [0.2, 0.25) is 17.5 Å². The van der Waals surface area contributed by atoms with Gasteiger partial charge in [-0.05, 0) is 42.0 Å². The van der Waals surface area contributed by atoms with Crippen molar-refractivity contribution < 1.29 is 64.3 Å². The van der Waals surface area contributed by atoms with E-state index in [1.54, 1.807) is 12.1 Å². The molecule has 1 aromatic heterocycles. The standard InChI is InChI=1S/C30H26O14/c31-15-5-1-13(2-6-15)3-8-22(36)41-12-21-24(37)26(39)27(40)30(43-21)44-29-25(38)23-19(35)10-16(32)11-20(23)42-28(29)14-4-7-17(33)18(34)9-14/h1-11,21,24,26-27,30-35,37,39-40H,12H2/b8-3+/t21-,24-,26+,27-,30+/m1/s1. The van der Waals surface area contributed by atoms with Crippen LogP contribution in [0.2, 0.25) is 0 Å². The number of aliphatic hydroxyl groups is 3. The van der Waals surface area contributed by atoms with E-state index in [1.165, 1.54) is 24.3 Å². The Morgan fingerprint density at radius 3 is 2.25 bits per heavy atom. The number of aromatic hydroxyl groups is 5. The van der Waals surface area contributed by atoms with Crippen molar-refractivity contribution in [3.05, 3.63) is 76.5 Å². The van der Waals surface area contributed by atoms with E-state index >= 15 is 0 Å². The van der Waals surface area contributed by atoms with E-state index in [-0.39, 0.29) is 22.7 Å². The lowest BCUT2D eigenvalue weighted by molar-refractivity contribution is -0.278. The zero-order chi connectivity index (χ0) is 31.7. The normalized spacial score (nSPS) is 21.8. The van der Waals surface area contributed by atoms with Crippen molar-refractivity contribution in [3.8, 4) is 45.8 Å². The monoisotopic (exact) mass is 610 g/mol. The van der Waals surface area contributed by atoms with Gasteiger partial charge in [-0.2, -0.15) is 0 Å². The van der Waals surface area contributed by atoms with Crippen LogP contribution < -0.4 is 10.2 Å². The number of esters is 1. The van der Waals surface area contributed by atoms with Gasteiger partial charge in [0.25, 0.3) is 0 Å². The first kappa shape index (κ1) is 30.2. The van der Waals surface area contributed by atoms with Gasteiger partial charge in [-0.25, -0.2) is 4.79 Å². The number of benzene rings is 3. The molecule has 1 aliphatic heterocycles. The Labute approximate surface area is 247 Å². The molecule has 0 amide bonds. The smallest absolute Gasteiger partial charge is 0.330 e. The molecule has 0 saturated carbocycles. The Balaban J connectivity index is 1.43. The van der Waals surface area contributed by atoms with Crippen molar-refractivity contribution in [1.29, 1.82) is 0 Å². The highest BCUT2D eigenvalue weighted by Crippen LogP contribution is 2.39. The van der Waals surface area contributed by atoms with E-state index in [0.29, 0.717) is 5.56 Å². The molecule has 0 bridgehead atoms. The van der Waals surface area contributed by atoms with Gasteiger partial charge in [0.15, 0.2) is 17.3 Å². The number of hydrogen-bond acceptors (Lipinski definition) is 14. The molecule has 8 N–H and O–H groups in total. The number of ether oxygens (including phenoxy) is 3. The maximum Gasteiger partial charge on any atom is 0.330 e. The molecule has 1 aliphatic rings. The SMILES string of the molecule is O=C(/C=C/c1ccc(O)cc1)OC[C@H]1O[C@@H](Oc2c(-c3ccc(O)c(O)c3)oc3cc(O)cc(O)c3c2=O)[C@H](O)[C@@H](O)[C@@H]1O. The molecule has 44 heavy (non-hydrogen) atoms. The Morgan fingerprint density at radius 1 is 0.818 bits per heavy atom. The summed E-state index contributed by atoms with van der Waals surface area (Å²) in [6.07, 6.45) is -6.45. The fraction of sp³-hybridized carbons (Fsp3) is 0.200. The predicted molar refractivity (Wildman–Crippen MR) is 150 cm³/mol. The second-order valence-electron chi connectivity index (χ2n) is 9.82. The van der Waals surface area contributed by atoms with Crippen molar-refractivity contribution in [3.63, 3.8) is 0 Å². The van der Waals surface area contributed by atoms with Crippen LogP contribution in [-0.4, -0.2) is 84.1 Å². The maximum atomic E-state index is 13.6. The van der Waals surface area contributed by atoms with Crippen LogP contribution in [0.1, 0.15) is 5.56 Å². The zero-order valence-electron chi connectivity index (χ0n) is 22.5. The van der Waals surface area contributed by atoms with Gasteiger partial charge in [0.1, 0.15) is 59.2 Å². The number of carbonyl (C=O) groups excluding carboxylic acids is 1. The molecule has 14 nitrogen and oxygen atoms in total. The second kappa shape index (κ2) is 12.1. The second-order valence-corrected chi connectivity index (χ2v) is 9.82. The van der Waals surface area contributed by atoms with E-state index in [0.717, 1.165) is 30.3 Å². The number of phenolic OH excluding ortho intramolecular Hbond substituents is 5. The van der Waals surface area contributed by atoms with Crippen LogP contribution in [0, 0.1) is 0 Å². The molecule has 0 radical (unpaired) electrons. The molecule has 4 aromatic rings. The maximum absolute atomic E-state index is 13.6. The number of rotatable bonds is 7. The van der Waals surface area contributed by atoms with Crippen LogP contribution in [0.3, 0.4) is 0 Å². The highest BCUT2D eigenvalue weighted by molar-refractivity contribution is 5.88. The Bertz CT molecular complexity index is 1780. The Kier molecular flexibility index (Phi) is 8.33. The lowest BCUT2D eigenvalue weighted by atomic mass is 9.99. The molecular weight excluding hydrogens is 584 g/mol. The predicted octanol–water partition coefficient (Wildman–Crippen LogP) is 1.43. The van der Waals surface area contributed by atoms with Crippen LogP contribution in [-0.2, 0) is 14.3 Å². The first-order valence-corrected chi connectivity index (χ1v) is 13.0. The molecule has 1 saturated heterocycles. The summed E-state index contributed by atoms with van der Waals surface area (Å²) in [5, 5.41) is 80.6. The molecule has 5 atom stereocenters. The van der Waals surface area contributed by atoms with E-state index in [2.05, 4.69) is 0 Å². The summed E-state index contributed by atoms with van der Waals surface area (Å²) < 4.78 is 22.1. The summed E-state index contributed by atoms with van der Waals surface area (Å²) in [5.74, 6) is -4.08. The molecule has 5 rings (SSSR count). The molecule has 0 spiro atoms. The fourth-order valence-corrected chi connectivity index (χ4v) is 4.46. The van der Waals surface area contributed by atoms with Crippen LogP contribution in [0.25, 0.3) is 28.4 Å². The van der Waals surface area contributed by atoms with E-state index in [1.807, 2.05) is 0 Å². The summed E-state index contributed by atoms with van der Waals surface area (Å²) in [4.78, 5) is 25.8. The average molecular weight is 611 g/mol. The number of aliphatic hydroxyl groups excluding tert-OH is 3. The van der Waals surface area contributed by atoms with Crippen LogP contribution in [0.15, 0.2) is 69.9 Å². The van der Waals surface area contributed by atoms with Gasteiger partial charge in [-0.1, -0.05) is 12.1 Å². The molecular formula is C30H26O14. The van der Waals surface area contributed by atoms with Gasteiger partial charge in [-0.15, -0.1) is 0 Å². The van der Waals surface area contributed by atoms with Gasteiger partial charge in [0.05, 0.1) is 0 Å². The molecule has 3 aromatic carbocycles. The van der Waals surface area contributed by atoms with Gasteiger partial charge in [0, 0.05) is 23.8 Å². The third-order valence-corrected chi connectivity index (χ3v) is 6.75. The van der Waals surface area contributed by atoms with Crippen molar-refractivity contribution in [2.75, 3.05) is 6.61 Å². The fourth-order valence-electron chi connectivity index (χ4n) is 4.46. The largest absolute Gasteiger partial charge is 0.508 e.